The normalized spacial score (nSPS) is 11.8. The van der Waals surface area contributed by atoms with Crippen LogP contribution >= 0.6 is 0 Å². The number of para-hydroxylation sites is 1. The number of benzene rings is 2. The molecule has 0 amide bonds. The zero-order valence-electron chi connectivity index (χ0n) is 12.5. The fourth-order valence-electron chi connectivity index (χ4n) is 2.58. The average Bonchev–Trinajstić information content (AvgIpc) is 2.97. The Hall–Kier alpha value is -2.93. The standard InChI is InChI=1S/C17H13N3O3S/c21-24(22,11-16-14-5-1-2-6-17(14)23-19-16)20-13-7-8-15-12(10-13)4-3-9-18-15/h1-10,20H,11H2. The number of fused-ring (bicyclic) bond motifs is 2. The Balaban J connectivity index is 1.62. The smallest absolute Gasteiger partial charge is 0.238 e. The molecular formula is C17H13N3O3S. The number of sulfonamides is 1. The maximum atomic E-state index is 12.4. The summed E-state index contributed by atoms with van der Waals surface area (Å²) < 4.78 is 32.6. The van der Waals surface area contributed by atoms with Gasteiger partial charge in [-0.25, -0.2) is 8.42 Å². The van der Waals surface area contributed by atoms with E-state index in [9.17, 15) is 8.42 Å². The number of pyridine rings is 1. The summed E-state index contributed by atoms with van der Waals surface area (Å²) in [4.78, 5) is 4.21. The molecule has 1 N–H and O–H groups in total. The van der Waals surface area contributed by atoms with Gasteiger partial charge in [0.2, 0.25) is 10.0 Å². The largest absolute Gasteiger partial charge is 0.356 e. The zero-order chi connectivity index (χ0) is 16.6. The highest BCUT2D eigenvalue weighted by molar-refractivity contribution is 7.91. The van der Waals surface area contributed by atoms with Crippen molar-refractivity contribution in [2.75, 3.05) is 4.72 Å². The van der Waals surface area contributed by atoms with Gasteiger partial charge in [0.25, 0.3) is 0 Å². The van der Waals surface area contributed by atoms with Gasteiger partial charge < -0.3 is 4.52 Å². The van der Waals surface area contributed by atoms with Gasteiger partial charge >= 0.3 is 0 Å². The molecule has 0 saturated heterocycles. The minimum absolute atomic E-state index is 0.255. The fraction of sp³-hybridized carbons (Fsp3) is 0.0588. The predicted octanol–water partition coefficient (Wildman–Crippen LogP) is 3.32. The number of nitrogens with one attached hydrogen (secondary N) is 1. The van der Waals surface area contributed by atoms with E-state index < -0.39 is 10.0 Å². The Kier molecular flexibility index (Phi) is 3.42. The van der Waals surface area contributed by atoms with Gasteiger partial charge in [-0.3, -0.25) is 9.71 Å². The van der Waals surface area contributed by atoms with Crippen molar-refractivity contribution in [1.82, 2.24) is 10.1 Å². The first-order valence-corrected chi connectivity index (χ1v) is 8.94. The number of hydrogen-bond donors (Lipinski definition) is 1. The summed E-state index contributed by atoms with van der Waals surface area (Å²) in [5, 5.41) is 5.43. The molecule has 6 nitrogen and oxygen atoms in total. The van der Waals surface area contributed by atoms with Crippen molar-refractivity contribution in [2.24, 2.45) is 0 Å². The van der Waals surface area contributed by atoms with E-state index in [-0.39, 0.29) is 5.75 Å². The molecule has 0 fully saturated rings. The van der Waals surface area contributed by atoms with Crippen molar-refractivity contribution in [3.8, 4) is 0 Å². The quantitative estimate of drug-likeness (QED) is 0.616. The van der Waals surface area contributed by atoms with Crippen LogP contribution in [0.4, 0.5) is 5.69 Å². The first-order chi connectivity index (χ1) is 11.6. The molecule has 0 spiro atoms. The van der Waals surface area contributed by atoms with Crippen LogP contribution in [0.3, 0.4) is 0 Å². The van der Waals surface area contributed by atoms with E-state index in [1.54, 1.807) is 36.5 Å². The second kappa shape index (κ2) is 5.61. The molecule has 2 aromatic heterocycles. The number of rotatable bonds is 4. The summed E-state index contributed by atoms with van der Waals surface area (Å²) in [7, 11) is -3.61. The monoisotopic (exact) mass is 339 g/mol. The molecule has 24 heavy (non-hydrogen) atoms. The van der Waals surface area contributed by atoms with E-state index in [0.717, 1.165) is 10.9 Å². The lowest BCUT2D eigenvalue weighted by molar-refractivity contribution is 0.448. The summed E-state index contributed by atoms with van der Waals surface area (Å²) in [6.07, 6.45) is 1.70. The lowest BCUT2D eigenvalue weighted by Gasteiger charge is -2.07. The minimum atomic E-state index is -3.61. The van der Waals surface area contributed by atoms with Gasteiger partial charge in [0.1, 0.15) is 11.4 Å². The molecule has 0 atom stereocenters. The van der Waals surface area contributed by atoms with Crippen molar-refractivity contribution in [1.29, 1.82) is 0 Å². The van der Waals surface area contributed by atoms with Gasteiger partial charge in [0.15, 0.2) is 5.58 Å². The highest BCUT2D eigenvalue weighted by Gasteiger charge is 2.17. The summed E-state index contributed by atoms with van der Waals surface area (Å²) in [5.41, 5.74) is 2.26. The van der Waals surface area contributed by atoms with Crippen LogP contribution in [0.25, 0.3) is 21.9 Å². The second-order valence-electron chi connectivity index (χ2n) is 5.40. The van der Waals surface area contributed by atoms with E-state index in [0.29, 0.717) is 22.4 Å². The fourth-order valence-corrected chi connectivity index (χ4v) is 3.70. The van der Waals surface area contributed by atoms with Crippen LogP contribution in [0.1, 0.15) is 5.69 Å². The average molecular weight is 339 g/mol. The third kappa shape index (κ3) is 2.81. The molecule has 0 bridgehead atoms. The van der Waals surface area contributed by atoms with Gasteiger partial charge in [0, 0.05) is 22.7 Å². The summed E-state index contributed by atoms with van der Waals surface area (Å²) in [6.45, 7) is 0. The van der Waals surface area contributed by atoms with E-state index >= 15 is 0 Å². The Morgan fingerprint density at radius 1 is 1.04 bits per heavy atom. The lowest BCUT2D eigenvalue weighted by Crippen LogP contribution is -2.15. The van der Waals surface area contributed by atoms with Crippen LogP contribution in [0.15, 0.2) is 65.3 Å². The minimum Gasteiger partial charge on any atom is -0.356 e. The molecule has 0 aliphatic carbocycles. The highest BCUT2D eigenvalue weighted by atomic mass is 32.2. The molecule has 7 heteroatoms. The predicted molar refractivity (Wildman–Crippen MR) is 92.0 cm³/mol. The van der Waals surface area contributed by atoms with E-state index in [1.165, 1.54) is 0 Å². The molecule has 4 aromatic rings. The topological polar surface area (TPSA) is 85.1 Å². The van der Waals surface area contributed by atoms with E-state index in [2.05, 4.69) is 14.9 Å². The Labute approximate surface area is 138 Å². The van der Waals surface area contributed by atoms with Crippen molar-refractivity contribution in [3.63, 3.8) is 0 Å². The van der Waals surface area contributed by atoms with Crippen LogP contribution in [-0.4, -0.2) is 18.6 Å². The van der Waals surface area contributed by atoms with Gasteiger partial charge in [-0.05, 0) is 36.4 Å². The third-order valence-corrected chi connectivity index (χ3v) is 4.86. The molecule has 2 aromatic carbocycles. The molecule has 2 heterocycles. The third-order valence-electron chi connectivity index (χ3n) is 3.66. The SMILES string of the molecule is O=S(=O)(Cc1noc2ccccc12)Nc1ccc2ncccc2c1. The van der Waals surface area contributed by atoms with Crippen LogP contribution in [-0.2, 0) is 15.8 Å². The molecule has 0 radical (unpaired) electrons. The molecular weight excluding hydrogens is 326 g/mol. The maximum Gasteiger partial charge on any atom is 0.238 e. The van der Waals surface area contributed by atoms with Crippen molar-refractivity contribution < 1.29 is 12.9 Å². The van der Waals surface area contributed by atoms with Gasteiger partial charge in [-0.1, -0.05) is 23.4 Å². The second-order valence-corrected chi connectivity index (χ2v) is 7.12. The molecule has 0 aliphatic heterocycles. The summed E-state index contributed by atoms with van der Waals surface area (Å²) in [6, 6.07) is 16.1. The van der Waals surface area contributed by atoms with Gasteiger partial charge in [-0.15, -0.1) is 0 Å². The maximum absolute atomic E-state index is 12.4. The number of nitrogens with zero attached hydrogens (tertiary/aromatic N) is 2. The zero-order valence-corrected chi connectivity index (χ0v) is 13.3. The van der Waals surface area contributed by atoms with E-state index in [1.807, 2.05) is 24.3 Å². The molecule has 0 saturated carbocycles. The number of hydrogen-bond acceptors (Lipinski definition) is 5. The summed E-state index contributed by atoms with van der Waals surface area (Å²) in [5.74, 6) is -0.255. The molecule has 120 valence electrons. The van der Waals surface area contributed by atoms with Crippen molar-refractivity contribution in [2.45, 2.75) is 5.75 Å². The van der Waals surface area contributed by atoms with Crippen LogP contribution < -0.4 is 4.72 Å². The Morgan fingerprint density at radius 2 is 1.92 bits per heavy atom. The Morgan fingerprint density at radius 3 is 2.83 bits per heavy atom. The molecule has 4 rings (SSSR count). The first kappa shape index (κ1) is 14.6. The van der Waals surface area contributed by atoms with Crippen molar-refractivity contribution >= 4 is 37.6 Å². The Bertz CT molecular complexity index is 1140. The highest BCUT2D eigenvalue weighted by Crippen LogP contribution is 2.22. The van der Waals surface area contributed by atoms with E-state index in [4.69, 9.17) is 4.52 Å². The number of anilines is 1. The van der Waals surface area contributed by atoms with Crippen LogP contribution in [0.5, 0.6) is 0 Å². The van der Waals surface area contributed by atoms with Gasteiger partial charge in [0.05, 0.1) is 5.52 Å². The van der Waals surface area contributed by atoms with Gasteiger partial charge in [-0.2, -0.15) is 0 Å². The molecule has 0 unspecified atom stereocenters. The van der Waals surface area contributed by atoms with Crippen molar-refractivity contribution in [3.05, 3.63) is 66.5 Å². The molecule has 0 aliphatic rings. The van der Waals surface area contributed by atoms with Crippen LogP contribution in [0, 0.1) is 0 Å². The lowest BCUT2D eigenvalue weighted by atomic mass is 10.2. The van der Waals surface area contributed by atoms with Crippen LogP contribution in [0.2, 0.25) is 0 Å². The number of aromatic nitrogens is 2. The summed E-state index contributed by atoms with van der Waals surface area (Å²) >= 11 is 0. The first-order valence-electron chi connectivity index (χ1n) is 7.29.